The van der Waals surface area contributed by atoms with Gasteiger partial charge in [-0.15, -0.1) is 0 Å². The fraction of sp³-hybridized carbons (Fsp3) is 0.0250. The fourth-order valence-corrected chi connectivity index (χ4v) is 15.9. The Balaban J connectivity index is 0.999. The van der Waals surface area contributed by atoms with Crippen LogP contribution in [0.2, 0.25) is 0 Å². The molecule has 0 N–H and O–H groups in total. The van der Waals surface area contributed by atoms with Crippen LogP contribution in [-0.4, -0.2) is 0 Å². The SMILES string of the molecule is c1ccc(-c2cccc(-c3cc4c(c5c3oc3ccccc35)-c3cc5c(cc3C43c4ccccc4-c4ccccc43)-c3c(cc(-c4cccc(-c6ccccc6)c4)c4oc6ccccc6c34)C53c4ccccc4-c4ccccc43)c2)cc1. The highest BCUT2D eigenvalue weighted by atomic mass is 16.3. The molecule has 2 spiro atoms. The molecule has 0 saturated heterocycles. The number of hydrogen-bond acceptors (Lipinski definition) is 2. The number of benzene rings is 13. The number of para-hydroxylation sites is 2. The summed E-state index contributed by atoms with van der Waals surface area (Å²) in [4.78, 5) is 0. The average molecular weight is 1040 g/mol. The quantitative estimate of drug-likeness (QED) is 0.176. The molecule has 19 rings (SSSR count). The molecule has 0 bridgehead atoms. The normalized spacial score (nSPS) is 14.0. The van der Waals surface area contributed by atoms with Crippen LogP contribution >= 0.6 is 0 Å². The molecule has 0 unspecified atom stereocenters. The third-order valence-corrected chi connectivity index (χ3v) is 19.1. The topological polar surface area (TPSA) is 26.3 Å². The number of fused-ring (bicyclic) bond motifs is 28. The molecule has 0 aliphatic heterocycles. The second kappa shape index (κ2) is 16.1. The molecule has 0 saturated carbocycles. The summed E-state index contributed by atoms with van der Waals surface area (Å²) in [6.45, 7) is 0. The van der Waals surface area contributed by atoms with E-state index < -0.39 is 10.8 Å². The highest BCUT2D eigenvalue weighted by Crippen LogP contribution is 2.70. The molecule has 13 aromatic carbocycles. The minimum atomic E-state index is -0.706. The molecule has 2 heterocycles. The number of rotatable bonds is 4. The van der Waals surface area contributed by atoms with E-state index in [0.29, 0.717) is 0 Å². The summed E-state index contributed by atoms with van der Waals surface area (Å²) in [6, 6.07) is 104. The smallest absolute Gasteiger partial charge is 0.143 e. The van der Waals surface area contributed by atoms with Crippen LogP contribution < -0.4 is 0 Å². The van der Waals surface area contributed by atoms with E-state index in [1.165, 1.54) is 111 Å². The van der Waals surface area contributed by atoms with E-state index in [0.717, 1.165) is 66.1 Å². The molecular weight excluding hydrogens is 993 g/mol. The molecule has 15 aromatic rings. The Morgan fingerprint density at radius 2 is 0.524 bits per heavy atom. The molecule has 4 aliphatic rings. The van der Waals surface area contributed by atoms with E-state index in [1.54, 1.807) is 0 Å². The molecule has 0 atom stereocenters. The first-order chi connectivity index (χ1) is 40.7. The Hall–Kier alpha value is -10.5. The van der Waals surface area contributed by atoms with Crippen LogP contribution in [0.5, 0.6) is 0 Å². The van der Waals surface area contributed by atoms with E-state index in [9.17, 15) is 0 Å². The van der Waals surface area contributed by atoms with Crippen molar-refractivity contribution in [1.29, 1.82) is 0 Å². The lowest BCUT2D eigenvalue weighted by Crippen LogP contribution is -2.27. The standard InChI is InChI=1S/C80H46O2/c1-3-21-47(22-4-1)49-25-19-27-51(41-49)59-43-69-73(75-57-33-11-17-39-71(57)81-77(59)75)61-45-68-62(46-67(61)79(69)63-35-13-7-29-53(63)54-30-8-14-36-64(54)79)74-70(80(68)65-37-15-9-31-55(65)56-32-10-16-38-66(56)80)44-60(78-76(74)58-34-12-18-40-72(58)82-78)52-28-20-26-50(42-52)48-23-5-2-6-24-48/h1-46H. The first kappa shape index (κ1) is 44.3. The zero-order valence-electron chi connectivity index (χ0n) is 44.4. The Labute approximate surface area is 473 Å². The predicted molar refractivity (Wildman–Crippen MR) is 335 cm³/mol. The van der Waals surface area contributed by atoms with Crippen molar-refractivity contribution < 1.29 is 8.83 Å². The van der Waals surface area contributed by atoms with Gasteiger partial charge >= 0.3 is 0 Å². The summed E-state index contributed by atoms with van der Waals surface area (Å²) < 4.78 is 14.6. The van der Waals surface area contributed by atoms with E-state index in [2.05, 4.69) is 279 Å². The monoisotopic (exact) mass is 1040 g/mol. The predicted octanol–water partition coefficient (Wildman–Crippen LogP) is 20.8. The summed E-state index contributed by atoms with van der Waals surface area (Å²) in [7, 11) is 0. The van der Waals surface area contributed by atoms with E-state index >= 15 is 0 Å². The zero-order valence-corrected chi connectivity index (χ0v) is 44.4. The van der Waals surface area contributed by atoms with Gasteiger partial charge in [0.15, 0.2) is 0 Å². The van der Waals surface area contributed by atoms with Gasteiger partial charge in [-0.25, -0.2) is 0 Å². The van der Waals surface area contributed by atoms with Crippen molar-refractivity contribution in [2.24, 2.45) is 0 Å². The largest absolute Gasteiger partial charge is 0.455 e. The van der Waals surface area contributed by atoms with E-state index in [-0.39, 0.29) is 0 Å². The van der Waals surface area contributed by atoms with Gasteiger partial charge in [-0.05, 0) is 171 Å². The Morgan fingerprint density at radius 3 is 0.927 bits per heavy atom. The molecule has 4 aliphatic carbocycles. The van der Waals surface area contributed by atoms with Crippen LogP contribution in [0.1, 0.15) is 44.5 Å². The van der Waals surface area contributed by atoms with Crippen LogP contribution in [-0.2, 0) is 10.8 Å². The molecule has 0 radical (unpaired) electrons. The third-order valence-electron chi connectivity index (χ3n) is 19.1. The van der Waals surface area contributed by atoms with Crippen molar-refractivity contribution in [1.82, 2.24) is 0 Å². The first-order valence-electron chi connectivity index (χ1n) is 28.6. The van der Waals surface area contributed by atoms with Crippen molar-refractivity contribution in [2.75, 3.05) is 0 Å². The lowest BCUT2D eigenvalue weighted by molar-refractivity contribution is 0.669. The second-order valence-electron chi connectivity index (χ2n) is 22.8. The van der Waals surface area contributed by atoms with Crippen molar-refractivity contribution in [2.45, 2.75) is 10.8 Å². The summed E-state index contributed by atoms with van der Waals surface area (Å²) in [5.41, 5.74) is 31.5. The van der Waals surface area contributed by atoms with Crippen molar-refractivity contribution >= 4 is 43.9 Å². The van der Waals surface area contributed by atoms with E-state index in [1.807, 2.05) is 0 Å². The molecule has 2 aromatic heterocycles. The number of hydrogen-bond donors (Lipinski definition) is 0. The fourth-order valence-electron chi connectivity index (χ4n) is 15.9. The maximum atomic E-state index is 7.31. The van der Waals surface area contributed by atoms with Gasteiger partial charge in [0.2, 0.25) is 0 Å². The maximum absolute atomic E-state index is 7.31. The van der Waals surface area contributed by atoms with Crippen LogP contribution in [0, 0.1) is 0 Å². The molecule has 378 valence electrons. The second-order valence-corrected chi connectivity index (χ2v) is 22.8. The molecule has 82 heavy (non-hydrogen) atoms. The van der Waals surface area contributed by atoms with E-state index in [4.69, 9.17) is 8.83 Å². The van der Waals surface area contributed by atoms with Gasteiger partial charge in [0.25, 0.3) is 0 Å². The van der Waals surface area contributed by atoms with Crippen LogP contribution in [0.3, 0.4) is 0 Å². The molecule has 2 heteroatoms. The highest BCUT2D eigenvalue weighted by molar-refractivity contribution is 6.23. The lowest BCUT2D eigenvalue weighted by Gasteiger charge is -2.32. The molecule has 2 nitrogen and oxygen atoms in total. The molecule has 0 fully saturated rings. The summed E-state index contributed by atoms with van der Waals surface area (Å²) in [5.74, 6) is 0. The Bertz CT molecular complexity index is 4860. The first-order valence-corrected chi connectivity index (χ1v) is 28.6. The minimum absolute atomic E-state index is 0.706. The van der Waals surface area contributed by atoms with Gasteiger partial charge in [0.1, 0.15) is 22.3 Å². The van der Waals surface area contributed by atoms with Crippen LogP contribution in [0.25, 0.3) is 133 Å². The number of furan rings is 2. The minimum Gasteiger partial charge on any atom is -0.455 e. The van der Waals surface area contributed by atoms with Gasteiger partial charge in [-0.2, -0.15) is 0 Å². The lowest BCUT2D eigenvalue weighted by atomic mass is 9.68. The van der Waals surface area contributed by atoms with Gasteiger partial charge in [0, 0.05) is 32.7 Å². The average Bonchev–Trinajstić information content (AvgIpc) is 2.51. The van der Waals surface area contributed by atoms with Gasteiger partial charge in [-0.3, -0.25) is 0 Å². The Kier molecular flexibility index (Phi) is 8.69. The van der Waals surface area contributed by atoms with Crippen molar-refractivity contribution in [3.05, 3.63) is 324 Å². The summed E-state index contributed by atoms with van der Waals surface area (Å²) in [6.07, 6.45) is 0. The zero-order chi connectivity index (χ0) is 53.4. The van der Waals surface area contributed by atoms with Gasteiger partial charge < -0.3 is 8.83 Å². The molecule has 0 amide bonds. The molecular formula is C80H46O2. The summed E-state index contributed by atoms with van der Waals surface area (Å²) in [5, 5.41) is 4.52. The summed E-state index contributed by atoms with van der Waals surface area (Å²) >= 11 is 0. The highest BCUT2D eigenvalue weighted by Gasteiger charge is 2.57. The van der Waals surface area contributed by atoms with Crippen molar-refractivity contribution in [3.63, 3.8) is 0 Å². The van der Waals surface area contributed by atoms with Crippen molar-refractivity contribution in [3.8, 4) is 89.0 Å². The third kappa shape index (κ3) is 5.49. The van der Waals surface area contributed by atoms with Crippen LogP contribution in [0.15, 0.2) is 288 Å². The maximum Gasteiger partial charge on any atom is 0.143 e. The van der Waals surface area contributed by atoms with Crippen LogP contribution in [0.4, 0.5) is 0 Å². The van der Waals surface area contributed by atoms with Gasteiger partial charge in [0.05, 0.1) is 10.8 Å². The van der Waals surface area contributed by atoms with Gasteiger partial charge in [-0.1, -0.05) is 231 Å². The Morgan fingerprint density at radius 1 is 0.207 bits per heavy atom.